The molecule has 1 atom stereocenters. The second-order valence-electron chi connectivity index (χ2n) is 5.96. The van der Waals surface area contributed by atoms with E-state index in [2.05, 4.69) is 27.1 Å². The number of nitrogens with one attached hydrogen (secondary N) is 1. The van der Waals surface area contributed by atoms with Gasteiger partial charge in [0.2, 0.25) is 5.71 Å². The molecule has 7 nitrogen and oxygen atoms in total. The average molecular weight is 332 g/mol. The van der Waals surface area contributed by atoms with Crippen LogP contribution in [0.3, 0.4) is 0 Å². The molecule has 0 radical (unpaired) electrons. The van der Waals surface area contributed by atoms with Crippen LogP contribution in [0.15, 0.2) is 10.7 Å². The maximum absolute atomic E-state index is 12.3. The number of rotatable bonds is 6. The summed E-state index contributed by atoms with van der Waals surface area (Å²) in [6, 6.07) is 0.485. The van der Waals surface area contributed by atoms with Crippen LogP contribution in [-0.2, 0) is 4.74 Å². The predicted molar refractivity (Wildman–Crippen MR) is 91.3 cm³/mol. The fourth-order valence-electron chi connectivity index (χ4n) is 3.38. The van der Waals surface area contributed by atoms with Crippen molar-refractivity contribution in [3.63, 3.8) is 0 Å². The first-order chi connectivity index (χ1) is 11.7. The third-order valence-corrected chi connectivity index (χ3v) is 4.55. The zero-order chi connectivity index (χ0) is 17.1. The molecule has 1 saturated heterocycles. The van der Waals surface area contributed by atoms with Crippen molar-refractivity contribution < 1.29 is 13.9 Å². The van der Waals surface area contributed by atoms with Gasteiger partial charge >= 0.3 is 5.97 Å². The first-order valence-electron chi connectivity index (χ1n) is 8.54. The molecule has 1 N–H and O–H groups in total. The smallest absolute Gasteiger partial charge is 0.342 e. The van der Waals surface area contributed by atoms with E-state index in [0.29, 0.717) is 40.9 Å². The van der Waals surface area contributed by atoms with Crippen molar-refractivity contribution in [1.82, 2.24) is 14.9 Å². The summed E-state index contributed by atoms with van der Waals surface area (Å²) in [7, 11) is 0. The Bertz CT molecular complexity index is 728. The molecular formula is C17H24N4O3. The van der Waals surface area contributed by atoms with Gasteiger partial charge in [-0.2, -0.15) is 0 Å². The average Bonchev–Trinajstić information content (AvgIpc) is 3.15. The lowest BCUT2D eigenvalue weighted by molar-refractivity contribution is 0.0526. The number of hydrogen-bond donors (Lipinski definition) is 1. The molecular weight excluding hydrogens is 308 g/mol. The minimum atomic E-state index is -0.400. The van der Waals surface area contributed by atoms with E-state index in [9.17, 15) is 4.79 Å². The van der Waals surface area contributed by atoms with Crippen molar-refractivity contribution in [1.29, 1.82) is 0 Å². The third kappa shape index (κ3) is 3.08. The number of carbonyl (C=O) groups excluding carboxylic acids is 1. The number of aromatic nitrogens is 2. The summed E-state index contributed by atoms with van der Waals surface area (Å²) >= 11 is 0. The monoisotopic (exact) mass is 332 g/mol. The van der Waals surface area contributed by atoms with Gasteiger partial charge in [0.25, 0.3) is 0 Å². The van der Waals surface area contributed by atoms with Gasteiger partial charge in [0.15, 0.2) is 0 Å². The highest BCUT2D eigenvalue weighted by Gasteiger charge is 2.26. The lowest BCUT2D eigenvalue weighted by Crippen LogP contribution is -2.34. The molecule has 130 valence electrons. The number of ether oxygens (including phenoxy) is 1. The molecule has 2 aromatic rings. The fraction of sp³-hybridized carbons (Fsp3) is 0.588. The molecule has 0 aromatic carbocycles. The van der Waals surface area contributed by atoms with Gasteiger partial charge in [-0.1, -0.05) is 6.92 Å². The van der Waals surface area contributed by atoms with E-state index < -0.39 is 5.97 Å². The van der Waals surface area contributed by atoms with E-state index in [1.165, 1.54) is 19.2 Å². The zero-order valence-corrected chi connectivity index (χ0v) is 14.5. The van der Waals surface area contributed by atoms with Crippen LogP contribution in [0, 0.1) is 6.92 Å². The van der Waals surface area contributed by atoms with Gasteiger partial charge in [0, 0.05) is 12.6 Å². The number of carbonyl (C=O) groups is 1. The Hall–Kier alpha value is -2.15. The Labute approximate surface area is 141 Å². The van der Waals surface area contributed by atoms with Crippen LogP contribution in [0.5, 0.6) is 0 Å². The maximum atomic E-state index is 12.3. The fourth-order valence-corrected chi connectivity index (χ4v) is 3.38. The summed E-state index contributed by atoms with van der Waals surface area (Å²) in [4.78, 5) is 23.2. The standard InChI is InChI=1S/C17H24N4O3/c1-4-21-8-6-7-12(21)9-18-15-14-13(17(22)23-5-2)11(3)24-16(14)20-10-19-15/h10,12H,4-9H2,1-3H3,(H,18,19,20). The van der Waals surface area contributed by atoms with Gasteiger partial charge in [-0.3, -0.25) is 4.90 Å². The first kappa shape index (κ1) is 16.7. The van der Waals surface area contributed by atoms with E-state index in [1.807, 2.05) is 0 Å². The van der Waals surface area contributed by atoms with Gasteiger partial charge in [0.05, 0.1) is 12.0 Å². The van der Waals surface area contributed by atoms with Crippen molar-refractivity contribution >= 4 is 22.9 Å². The molecule has 7 heteroatoms. The number of anilines is 1. The molecule has 0 spiro atoms. The Morgan fingerprint density at radius 2 is 2.29 bits per heavy atom. The zero-order valence-electron chi connectivity index (χ0n) is 14.5. The van der Waals surface area contributed by atoms with Gasteiger partial charge in [-0.25, -0.2) is 14.8 Å². The number of nitrogens with zero attached hydrogens (tertiary/aromatic N) is 3. The summed E-state index contributed by atoms with van der Waals surface area (Å²) < 4.78 is 10.8. The molecule has 0 aliphatic carbocycles. The largest absolute Gasteiger partial charge is 0.462 e. The Kier molecular flexibility index (Phi) is 4.99. The van der Waals surface area contributed by atoms with Gasteiger partial charge in [-0.05, 0) is 39.8 Å². The lowest BCUT2D eigenvalue weighted by Gasteiger charge is -2.23. The highest BCUT2D eigenvalue weighted by Crippen LogP contribution is 2.30. The Morgan fingerprint density at radius 3 is 3.04 bits per heavy atom. The van der Waals surface area contributed by atoms with Crippen molar-refractivity contribution in [3.8, 4) is 0 Å². The van der Waals surface area contributed by atoms with Crippen LogP contribution >= 0.6 is 0 Å². The molecule has 1 aliphatic heterocycles. The van der Waals surface area contributed by atoms with Crippen LogP contribution in [0.4, 0.5) is 5.82 Å². The number of fused-ring (bicyclic) bond motifs is 1. The topological polar surface area (TPSA) is 80.5 Å². The van der Waals surface area contributed by atoms with E-state index in [4.69, 9.17) is 9.15 Å². The summed E-state index contributed by atoms with van der Waals surface area (Å²) in [6.45, 7) is 8.99. The van der Waals surface area contributed by atoms with Crippen molar-refractivity contribution in [2.24, 2.45) is 0 Å². The van der Waals surface area contributed by atoms with Crippen molar-refractivity contribution in [2.75, 3.05) is 31.6 Å². The molecule has 1 fully saturated rings. The number of aryl methyl sites for hydroxylation is 1. The molecule has 3 rings (SSSR count). The summed E-state index contributed by atoms with van der Waals surface area (Å²) in [5, 5.41) is 3.99. The molecule has 1 unspecified atom stereocenters. The number of hydrogen-bond acceptors (Lipinski definition) is 7. The molecule has 0 amide bonds. The van der Waals surface area contributed by atoms with E-state index >= 15 is 0 Å². The Balaban J connectivity index is 1.89. The number of likely N-dealkylation sites (tertiary alicyclic amines) is 1. The van der Waals surface area contributed by atoms with E-state index in [-0.39, 0.29) is 0 Å². The second-order valence-corrected chi connectivity index (χ2v) is 5.96. The number of esters is 1. The van der Waals surface area contributed by atoms with Crippen LogP contribution in [0.25, 0.3) is 11.1 Å². The third-order valence-electron chi connectivity index (χ3n) is 4.55. The SMILES string of the molecule is CCOC(=O)c1c(C)oc2ncnc(NCC3CCCN3CC)c12. The summed E-state index contributed by atoms with van der Waals surface area (Å²) in [6.07, 6.45) is 3.84. The molecule has 24 heavy (non-hydrogen) atoms. The lowest BCUT2D eigenvalue weighted by atomic mass is 10.1. The molecule has 3 heterocycles. The Morgan fingerprint density at radius 1 is 1.46 bits per heavy atom. The van der Waals surface area contributed by atoms with E-state index in [1.54, 1.807) is 13.8 Å². The highest BCUT2D eigenvalue weighted by molar-refractivity contribution is 6.07. The molecule has 0 saturated carbocycles. The van der Waals surface area contributed by atoms with E-state index in [0.717, 1.165) is 19.6 Å². The summed E-state index contributed by atoms with van der Waals surface area (Å²) in [5.41, 5.74) is 0.820. The molecule has 2 aromatic heterocycles. The van der Waals surface area contributed by atoms with Gasteiger partial charge < -0.3 is 14.5 Å². The highest BCUT2D eigenvalue weighted by atomic mass is 16.5. The van der Waals surface area contributed by atoms with Crippen LogP contribution in [-0.4, -0.2) is 53.1 Å². The van der Waals surface area contributed by atoms with Gasteiger partial charge in [-0.15, -0.1) is 0 Å². The van der Waals surface area contributed by atoms with Crippen molar-refractivity contribution in [2.45, 2.75) is 39.7 Å². The number of furan rings is 1. The normalized spacial score (nSPS) is 18.2. The summed E-state index contributed by atoms with van der Waals surface area (Å²) in [5.74, 6) is 0.730. The minimum Gasteiger partial charge on any atom is -0.462 e. The van der Waals surface area contributed by atoms with Crippen LogP contribution in [0.2, 0.25) is 0 Å². The molecule has 0 bridgehead atoms. The van der Waals surface area contributed by atoms with Crippen LogP contribution in [0.1, 0.15) is 42.8 Å². The van der Waals surface area contributed by atoms with Crippen molar-refractivity contribution in [3.05, 3.63) is 17.7 Å². The second kappa shape index (κ2) is 7.17. The van der Waals surface area contributed by atoms with Crippen LogP contribution < -0.4 is 5.32 Å². The maximum Gasteiger partial charge on any atom is 0.342 e. The quantitative estimate of drug-likeness (QED) is 0.814. The minimum absolute atomic E-state index is 0.314. The van der Waals surface area contributed by atoms with Gasteiger partial charge in [0.1, 0.15) is 23.5 Å². The predicted octanol–water partition coefficient (Wildman–Crippen LogP) is 2.60. The number of likely N-dealkylation sites (N-methyl/N-ethyl adjacent to an activating group) is 1. The first-order valence-corrected chi connectivity index (χ1v) is 8.54. The molecule has 1 aliphatic rings.